The molecule has 8 nitrogen and oxygen atoms in total. The number of unbranched alkanes of at least 4 members (excludes halogenated alkanes) is 1. The number of nitrogens with zero attached hydrogens (tertiary/aromatic N) is 2. The minimum absolute atomic E-state index is 0.0925. The number of hydrogen-bond acceptors (Lipinski definition) is 7. The number of thiophene rings is 1. The van der Waals surface area contributed by atoms with E-state index in [1.54, 1.807) is 31.5 Å². The number of esters is 1. The largest absolute Gasteiger partial charge is 0.497 e. The van der Waals surface area contributed by atoms with Gasteiger partial charge in [0.25, 0.3) is 11.5 Å². The van der Waals surface area contributed by atoms with E-state index in [0.717, 1.165) is 18.4 Å². The lowest BCUT2D eigenvalue weighted by Gasteiger charge is -2.10. The van der Waals surface area contributed by atoms with Gasteiger partial charge in [-0.25, -0.2) is 9.48 Å². The summed E-state index contributed by atoms with van der Waals surface area (Å²) >= 11 is 1.22. The van der Waals surface area contributed by atoms with Crippen molar-refractivity contribution in [1.82, 2.24) is 9.78 Å². The molecular formula is C23H25N3O5S. The molecule has 0 atom stereocenters. The molecule has 3 rings (SSSR count). The number of aryl methyl sites for hydroxylation is 1. The molecule has 32 heavy (non-hydrogen) atoms. The van der Waals surface area contributed by atoms with Gasteiger partial charge >= 0.3 is 5.97 Å². The predicted molar refractivity (Wildman–Crippen MR) is 124 cm³/mol. The van der Waals surface area contributed by atoms with Gasteiger partial charge in [0.15, 0.2) is 0 Å². The average molecular weight is 456 g/mol. The molecular weight excluding hydrogens is 430 g/mol. The summed E-state index contributed by atoms with van der Waals surface area (Å²) in [4.78, 5) is 37.6. The first-order valence-corrected chi connectivity index (χ1v) is 11.2. The first-order chi connectivity index (χ1) is 15.5. The molecule has 1 amide bonds. The van der Waals surface area contributed by atoms with Gasteiger partial charge in [0.05, 0.1) is 13.7 Å². The molecule has 0 aliphatic heterocycles. The van der Waals surface area contributed by atoms with Crippen molar-refractivity contribution in [2.75, 3.05) is 19.0 Å². The van der Waals surface area contributed by atoms with E-state index in [-0.39, 0.29) is 23.4 Å². The van der Waals surface area contributed by atoms with Crippen molar-refractivity contribution in [2.45, 2.75) is 33.2 Å². The van der Waals surface area contributed by atoms with Crippen molar-refractivity contribution >= 4 is 28.2 Å². The number of methoxy groups -OCH3 is 1. The monoisotopic (exact) mass is 455 g/mol. The molecule has 0 saturated carbocycles. The van der Waals surface area contributed by atoms with Crippen LogP contribution in [0.2, 0.25) is 0 Å². The Hall–Kier alpha value is -3.46. The quantitative estimate of drug-likeness (QED) is 0.485. The number of amides is 1. The van der Waals surface area contributed by atoms with E-state index in [9.17, 15) is 14.4 Å². The van der Waals surface area contributed by atoms with Crippen LogP contribution in [0.15, 0.2) is 46.6 Å². The van der Waals surface area contributed by atoms with E-state index in [4.69, 9.17) is 9.47 Å². The van der Waals surface area contributed by atoms with E-state index in [1.807, 2.05) is 19.1 Å². The fourth-order valence-electron chi connectivity index (χ4n) is 3.04. The highest BCUT2D eigenvalue weighted by Gasteiger charge is 2.23. The van der Waals surface area contributed by atoms with Gasteiger partial charge in [0.1, 0.15) is 22.0 Å². The smallest absolute Gasteiger partial charge is 0.341 e. The molecule has 0 spiro atoms. The molecule has 0 bridgehead atoms. The number of nitrogens with one attached hydrogen (secondary N) is 1. The maximum atomic E-state index is 12.9. The summed E-state index contributed by atoms with van der Waals surface area (Å²) in [6.45, 7) is 4.37. The predicted octanol–water partition coefficient (Wildman–Crippen LogP) is 4.21. The highest BCUT2D eigenvalue weighted by atomic mass is 32.1. The third-order valence-electron chi connectivity index (χ3n) is 4.72. The Kier molecular flexibility index (Phi) is 7.77. The third kappa shape index (κ3) is 5.23. The zero-order valence-electron chi connectivity index (χ0n) is 18.2. The fourth-order valence-corrected chi connectivity index (χ4v) is 4.00. The van der Waals surface area contributed by atoms with E-state index in [2.05, 4.69) is 10.4 Å². The van der Waals surface area contributed by atoms with Crippen LogP contribution in [-0.4, -0.2) is 35.4 Å². The van der Waals surface area contributed by atoms with Gasteiger partial charge < -0.3 is 14.8 Å². The summed E-state index contributed by atoms with van der Waals surface area (Å²) in [5, 5.41) is 9.07. The van der Waals surface area contributed by atoms with Gasteiger partial charge in [-0.15, -0.1) is 11.3 Å². The van der Waals surface area contributed by atoms with E-state index in [0.29, 0.717) is 22.9 Å². The SMILES string of the molecule is CCCCn1nc(C(=O)Nc2scc(-c3ccc(OC)cc3)c2C(=O)OCC)ccc1=O. The van der Waals surface area contributed by atoms with Crippen molar-refractivity contribution in [1.29, 1.82) is 0 Å². The summed E-state index contributed by atoms with van der Waals surface area (Å²) in [6.07, 6.45) is 1.68. The highest BCUT2D eigenvalue weighted by molar-refractivity contribution is 7.15. The molecule has 0 saturated heterocycles. The Bertz CT molecular complexity index is 1150. The van der Waals surface area contributed by atoms with Crippen molar-refractivity contribution in [2.24, 2.45) is 0 Å². The molecule has 0 aliphatic rings. The molecule has 0 unspecified atom stereocenters. The molecule has 0 fully saturated rings. The third-order valence-corrected chi connectivity index (χ3v) is 5.62. The van der Waals surface area contributed by atoms with Crippen LogP contribution in [0.3, 0.4) is 0 Å². The van der Waals surface area contributed by atoms with Crippen LogP contribution in [0.5, 0.6) is 5.75 Å². The number of carbonyl (C=O) groups excluding carboxylic acids is 2. The lowest BCUT2D eigenvalue weighted by molar-refractivity contribution is 0.0529. The molecule has 0 aliphatic carbocycles. The van der Waals surface area contributed by atoms with E-state index >= 15 is 0 Å². The number of ether oxygens (including phenoxy) is 2. The zero-order valence-corrected chi connectivity index (χ0v) is 19.0. The number of benzene rings is 1. The van der Waals surface area contributed by atoms with Crippen molar-refractivity contribution in [3.05, 3.63) is 63.4 Å². The first kappa shape index (κ1) is 23.2. The Morgan fingerprint density at radius 1 is 1.12 bits per heavy atom. The zero-order chi connectivity index (χ0) is 23.1. The van der Waals surface area contributed by atoms with Crippen molar-refractivity contribution < 1.29 is 19.1 Å². The fraction of sp³-hybridized carbons (Fsp3) is 0.304. The summed E-state index contributed by atoms with van der Waals surface area (Å²) in [5.74, 6) is -0.348. The molecule has 0 radical (unpaired) electrons. The van der Waals surface area contributed by atoms with Gasteiger partial charge in [0.2, 0.25) is 0 Å². The topological polar surface area (TPSA) is 99.5 Å². The number of hydrogen-bond donors (Lipinski definition) is 1. The van der Waals surface area contributed by atoms with Crippen LogP contribution in [-0.2, 0) is 11.3 Å². The van der Waals surface area contributed by atoms with Crippen molar-refractivity contribution in [3.63, 3.8) is 0 Å². The first-order valence-electron chi connectivity index (χ1n) is 10.3. The Morgan fingerprint density at radius 2 is 1.88 bits per heavy atom. The van der Waals surface area contributed by atoms with E-state index < -0.39 is 11.9 Å². The van der Waals surface area contributed by atoms with E-state index in [1.165, 1.54) is 28.2 Å². The van der Waals surface area contributed by atoms with Crippen LogP contribution in [0.4, 0.5) is 5.00 Å². The van der Waals surface area contributed by atoms with Crippen LogP contribution >= 0.6 is 11.3 Å². The molecule has 3 aromatic rings. The van der Waals surface area contributed by atoms with Crippen LogP contribution < -0.4 is 15.6 Å². The maximum absolute atomic E-state index is 12.9. The van der Waals surface area contributed by atoms with Crippen molar-refractivity contribution in [3.8, 4) is 16.9 Å². The van der Waals surface area contributed by atoms with Gasteiger partial charge in [-0.05, 0) is 37.1 Å². The molecule has 2 heterocycles. The standard InChI is InChI=1S/C23H25N3O5S/c1-4-6-13-26-19(27)12-11-18(25-26)21(28)24-22-20(23(29)31-5-2)17(14-32-22)15-7-9-16(30-3)10-8-15/h7-12,14H,4-6,13H2,1-3H3,(H,24,28). The van der Waals surface area contributed by atoms with Crippen LogP contribution in [0.25, 0.3) is 11.1 Å². The number of anilines is 1. The minimum atomic E-state index is -0.532. The second-order valence-electron chi connectivity index (χ2n) is 6.89. The Labute approximate surface area is 189 Å². The molecule has 168 valence electrons. The van der Waals surface area contributed by atoms with Crippen LogP contribution in [0, 0.1) is 0 Å². The normalized spacial score (nSPS) is 10.6. The molecule has 2 aromatic heterocycles. The van der Waals surface area contributed by atoms with Gasteiger partial charge in [-0.2, -0.15) is 5.10 Å². The second-order valence-corrected chi connectivity index (χ2v) is 7.77. The lowest BCUT2D eigenvalue weighted by Crippen LogP contribution is -2.26. The van der Waals surface area contributed by atoms with Gasteiger partial charge in [-0.1, -0.05) is 25.5 Å². The highest BCUT2D eigenvalue weighted by Crippen LogP contribution is 2.37. The summed E-state index contributed by atoms with van der Waals surface area (Å²) in [7, 11) is 1.58. The number of rotatable bonds is 9. The molecule has 1 aromatic carbocycles. The average Bonchev–Trinajstić information content (AvgIpc) is 3.22. The summed E-state index contributed by atoms with van der Waals surface area (Å²) < 4.78 is 11.7. The number of carbonyl (C=O) groups is 2. The van der Waals surface area contributed by atoms with Gasteiger partial charge in [-0.3, -0.25) is 9.59 Å². The van der Waals surface area contributed by atoms with Crippen LogP contribution in [0.1, 0.15) is 47.5 Å². The minimum Gasteiger partial charge on any atom is -0.497 e. The maximum Gasteiger partial charge on any atom is 0.341 e. The molecule has 9 heteroatoms. The Morgan fingerprint density at radius 3 is 2.53 bits per heavy atom. The second kappa shape index (κ2) is 10.7. The Balaban J connectivity index is 1.93. The number of aromatic nitrogens is 2. The summed E-state index contributed by atoms with van der Waals surface area (Å²) in [6, 6.07) is 9.96. The molecule has 1 N–H and O–H groups in total. The lowest BCUT2D eigenvalue weighted by atomic mass is 10.0. The van der Waals surface area contributed by atoms with Gasteiger partial charge in [0, 0.05) is 23.6 Å². The summed E-state index contributed by atoms with van der Waals surface area (Å²) in [5.41, 5.74) is 1.54.